The van der Waals surface area contributed by atoms with Crippen LogP contribution in [0.2, 0.25) is 5.02 Å². The van der Waals surface area contributed by atoms with Crippen LogP contribution in [0.4, 0.5) is 17.5 Å². The molecule has 0 saturated carbocycles. The molecule has 0 bridgehead atoms. The maximum Gasteiger partial charge on any atom is 0.306 e. The maximum atomic E-state index is 12.9. The topological polar surface area (TPSA) is 148 Å². The Kier molecular flexibility index (Phi) is 6.74. The molecule has 13 heteroatoms. The SMILES string of the molecule is CNC(=O)COc1cc2cc(Nc3nc(N4CCC(C(=O)O)CC4)ncc3Cl)cc3c2n(c1=O)CCO3. The molecule has 3 N–H and O–H groups in total. The van der Waals surface area contributed by atoms with Crippen molar-refractivity contribution in [3.63, 3.8) is 0 Å². The number of aromatic nitrogens is 3. The van der Waals surface area contributed by atoms with E-state index in [1.165, 1.54) is 13.2 Å². The van der Waals surface area contributed by atoms with E-state index < -0.39 is 5.97 Å². The largest absolute Gasteiger partial charge is 0.489 e. The third-order valence-corrected chi connectivity index (χ3v) is 6.72. The Morgan fingerprint density at radius 3 is 2.76 bits per heavy atom. The van der Waals surface area contributed by atoms with Crippen LogP contribution in [0.5, 0.6) is 11.5 Å². The number of piperidine rings is 1. The number of aliphatic carboxylic acids is 1. The van der Waals surface area contributed by atoms with E-state index in [-0.39, 0.29) is 29.7 Å². The van der Waals surface area contributed by atoms with Crippen LogP contribution in [-0.2, 0) is 16.1 Å². The molecule has 1 amide bonds. The van der Waals surface area contributed by atoms with Crippen LogP contribution < -0.4 is 30.6 Å². The van der Waals surface area contributed by atoms with E-state index in [1.807, 2.05) is 11.0 Å². The summed E-state index contributed by atoms with van der Waals surface area (Å²) in [6.45, 7) is 1.44. The lowest BCUT2D eigenvalue weighted by atomic mass is 9.97. The van der Waals surface area contributed by atoms with Gasteiger partial charge in [0.25, 0.3) is 11.5 Å². The molecule has 0 unspecified atom stereocenters. The average Bonchev–Trinajstić information content (AvgIpc) is 2.90. The zero-order valence-electron chi connectivity index (χ0n) is 20.0. The molecule has 2 aliphatic heterocycles. The molecule has 4 heterocycles. The number of benzene rings is 1. The molecule has 0 radical (unpaired) electrons. The Morgan fingerprint density at radius 2 is 2.03 bits per heavy atom. The minimum Gasteiger partial charge on any atom is -0.489 e. The number of nitrogens with zero attached hydrogens (tertiary/aromatic N) is 4. The van der Waals surface area contributed by atoms with Gasteiger partial charge in [-0.25, -0.2) is 4.98 Å². The van der Waals surface area contributed by atoms with Crippen LogP contribution in [0.1, 0.15) is 12.8 Å². The van der Waals surface area contributed by atoms with E-state index in [0.717, 1.165) is 0 Å². The summed E-state index contributed by atoms with van der Waals surface area (Å²) < 4.78 is 12.9. The molecule has 37 heavy (non-hydrogen) atoms. The summed E-state index contributed by atoms with van der Waals surface area (Å²) in [6, 6.07) is 5.16. The Morgan fingerprint density at radius 1 is 1.24 bits per heavy atom. The quantitative estimate of drug-likeness (QED) is 0.416. The standard InChI is InChI=1S/C24H25ClN6O6/c1-26-19(32)12-37-18-9-14-8-15(10-17-20(14)31(22(18)33)6-7-36-17)28-21-16(25)11-27-24(29-21)30-4-2-13(3-5-30)23(34)35/h8-11,13H,2-7,12H2,1H3,(H,26,32)(H,34,35)(H,27,28,29). The minimum absolute atomic E-state index is 0.0632. The first-order valence-electron chi connectivity index (χ1n) is 11.8. The van der Waals surface area contributed by atoms with Crippen molar-refractivity contribution < 1.29 is 24.2 Å². The highest BCUT2D eigenvalue weighted by molar-refractivity contribution is 6.32. The monoisotopic (exact) mass is 528 g/mol. The first kappa shape index (κ1) is 24.6. The van der Waals surface area contributed by atoms with E-state index in [1.54, 1.807) is 16.7 Å². The number of carboxylic acids is 1. The third kappa shape index (κ3) is 4.96. The van der Waals surface area contributed by atoms with Gasteiger partial charge in [-0.1, -0.05) is 11.6 Å². The lowest BCUT2D eigenvalue weighted by Gasteiger charge is -2.30. The number of carbonyl (C=O) groups excluding carboxylic acids is 1. The summed E-state index contributed by atoms with van der Waals surface area (Å²) in [6.07, 6.45) is 2.53. The molecule has 0 aliphatic carbocycles. The van der Waals surface area contributed by atoms with Crippen LogP contribution in [0.15, 0.2) is 29.2 Å². The smallest absolute Gasteiger partial charge is 0.306 e. The molecule has 1 saturated heterocycles. The fourth-order valence-electron chi connectivity index (χ4n) is 4.49. The highest BCUT2D eigenvalue weighted by Gasteiger charge is 2.26. The zero-order chi connectivity index (χ0) is 26.1. The van der Waals surface area contributed by atoms with Gasteiger partial charge in [-0.05, 0) is 25.0 Å². The molecule has 5 rings (SSSR count). The Hall–Kier alpha value is -4.06. The summed E-state index contributed by atoms with van der Waals surface area (Å²) in [5.41, 5.74) is 0.907. The van der Waals surface area contributed by atoms with Gasteiger partial charge in [0.05, 0.1) is 24.2 Å². The molecule has 0 atom stereocenters. The lowest BCUT2D eigenvalue weighted by molar-refractivity contribution is -0.142. The van der Waals surface area contributed by atoms with E-state index in [2.05, 4.69) is 20.6 Å². The normalized spacial score (nSPS) is 15.2. The molecule has 1 fully saturated rings. The van der Waals surface area contributed by atoms with Gasteiger partial charge in [0.1, 0.15) is 17.4 Å². The summed E-state index contributed by atoms with van der Waals surface area (Å²) in [4.78, 5) is 46.7. The maximum absolute atomic E-state index is 12.9. The van der Waals surface area contributed by atoms with Gasteiger partial charge in [0.15, 0.2) is 18.2 Å². The molecule has 2 aromatic heterocycles. The van der Waals surface area contributed by atoms with Crippen molar-refractivity contribution in [1.29, 1.82) is 0 Å². The lowest BCUT2D eigenvalue weighted by Crippen LogP contribution is -2.37. The van der Waals surface area contributed by atoms with Crippen molar-refractivity contribution in [1.82, 2.24) is 19.9 Å². The van der Waals surface area contributed by atoms with Crippen LogP contribution in [0, 0.1) is 5.92 Å². The predicted octanol–water partition coefficient (Wildman–Crippen LogP) is 2.01. The fraction of sp³-hybridized carbons (Fsp3) is 0.375. The van der Waals surface area contributed by atoms with Crippen LogP contribution in [0.3, 0.4) is 0 Å². The molecular weight excluding hydrogens is 504 g/mol. The molecule has 12 nitrogen and oxygen atoms in total. The first-order chi connectivity index (χ1) is 17.8. The molecular formula is C24H25ClN6O6. The van der Waals surface area contributed by atoms with Gasteiger partial charge in [0.2, 0.25) is 5.95 Å². The number of ether oxygens (including phenoxy) is 2. The highest BCUT2D eigenvalue weighted by atomic mass is 35.5. The van der Waals surface area contributed by atoms with E-state index in [9.17, 15) is 19.5 Å². The van der Waals surface area contributed by atoms with Crippen molar-refractivity contribution >= 4 is 51.8 Å². The van der Waals surface area contributed by atoms with Gasteiger partial charge in [-0.3, -0.25) is 19.0 Å². The number of amides is 1. The third-order valence-electron chi connectivity index (χ3n) is 6.45. The number of carbonyl (C=O) groups is 2. The first-order valence-corrected chi connectivity index (χ1v) is 12.2. The number of pyridine rings is 1. The fourth-order valence-corrected chi connectivity index (χ4v) is 4.63. The number of likely N-dealkylation sites (N-methyl/N-ethyl adjacent to an activating group) is 1. The number of hydrogen-bond acceptors (Lipinski definition) is 9. The summed E-state index contributed by atoms with van der Waals surface area (Å²) in [5, 5.41) is 15.9. The number of carboxylic acid groups (broad SMARTS) is 1. The van der Waals surface area contributed by atoms with Crippen LogP contribution in [-0.4, -0.2) is 64.9 Å². The van der Waals surface area contributed by atoms with E-state index in [0.29, 0.717) is 78.2 Å². The van der Waals surface area contributed by atoms with Crippen molar-refractivity contribution in [2.45, 2.75) is 19.4 Å². The highest BCUT2D eigenvalue weighted by Crippen LogP contribution is 2.35. The summed E-state index contributed by atoms with van der Waals surface area (Å²) in [7, 11) is 1.49. The van der Waals surface area contributed by atoms with Crippen molar-refractivity contribution in [2.24, 2.45) is 5.92 Å². The molecule has 0 spiro atoms. The van der Waals surface area contributed by atoms with Crippen molar-refractivity contribution in [2.75, 3.05) is 43.6 Å². The predicted molar refractivity (Wildman–Crippen MR) is 136 cm³/mol. The zero-order valence-corrected chi connectivity index (χ0v) is 20.7. The van der Waals surface area contributed by atoms with Gasteiger partial charge in [-0.15, -0.1) is 0 Å². The Labute approximate surface area is 216 Å². The number of nitrogens with one attached hydrogen (secondary N) is 2. The molecule has 194 valence electrons. The van der Waals surface area contributed by atoms with E-state index >= 15 is 0 Å². The van der Waals surface area contributed by atoms with Gasteiger partial charge >= 0.3 is 5.97 Å². The second kappa shape index (κ2) is 10.1. The van der Waals surface area contributed by atoms with Crippen LogP contribution >= 0.6 is 11.6 Å². The second-order valence-corrected chi connectivity index (χ2v) is 9.19. The van der Waals surface area contributed by atoms with Crippen molar-refractivity contribution in [3.05, 3.63) is 39.8 Å². The summed E-state index contributed by atoms with van der Waals surface area (Å²) >= 11 is 6.39. The van der Waals surface area contributed by atoms with Gasteiger partial charge in [-0.2, -0.15) is 4.98 Å². The molecule has 2 aliphatic rings. The molecule has 3 aromatic rings. The average molecular weight is 529 g/mol. The van der Waals surface area contributed by atoms with Crippen LogP contribution in [0.25, 0.3) is 10.9 Å². The molecule has 1 aromatic carbocycles. The second-order valence-electron chi connectivity index (χ2n) is 8.78. The number of halogens is 1. The Balaban J connectivity index is 1.45. The minimum atomic E-state index is -0.783. The van der Waals surface area contributed by atoms with Gasteiger partial charge < -0.3 is 30.1 Å². The summed E-state index contributed by atoms with van der Waals surface area (Å²) in [5.74, 6) is -0.0892. The number of rotatable bonds is 7. The Bertz CT molecular complexity index is 1440. The van der Waals surface area contributed by atoms with Gasteiger partial charge in [0, 0.05) is 37.3 Å². The van der Waals surface area contributed by atoms with Crippen molar-refractivity contribution in [3.8, 4) is 11.5 Å². The number of hydrogen-bond donors (Lipinski definition) is 3. The van der Waals surface area contributed by atoms with E-state index in [4.69, 9.17) is 21.1 Å². The number of anilines is 3.